The van der Waals surface area contributed by atoms with Gasteiger partial charge in [0.05, 0.1) is 30.2 Å². The maximum atomic E-state index is 11.8. The van der Waals surface area contributed by atoms with Gasteiger partial charge in [0.1, 0.15) is 0 Å². The van der Waals surface area contributed by atoms with Crippen LogP contribution in [0.25, 0.3) is 0 Å². The van der Waals surface area contributed by atoms with Crippen LogP contribution in [0.15, 0.2) is 24.3 Å². The molecule has 0 aliphatic carbocycles. The first-order valence-corrected chi connectivity index (χ1v) is 6.20. The Bertz CT molecular complexity index is 464. The molecule has 4 N–H and O–H groups in total. The molecule has 2 amide bonds. The van der Waals surface area contributed by atoms with E-state index in [0.29, 0.717) is 17.3 Å². The van der Waals surface area contributed by atoms with E-state index in [-0.39, 0.29) is 24.3 Å². The Kier molecular flexibility index (Phi) is 4.17. The lowest BCUT2D eigenvalue weighted by Crippen LogP contribution is -2.96. The summed E-state index contributed by atoms with van der Waals surface area (Å²) >= 11 is 5.94. The highest BCUT2D eigenvalue weighted by Crippen LogP contribution is 2.20. The van der Waals surface area contributed by atoms with Crippen LogP contribution in [-0.2, 0) is 9.59 Å². The summed E-state index contributed by atoms with van der Waals surface area (Å²) in [5.74, 6) is -0.294. The highest BCUT2D eigenvalue weighted by molar-refractivity contribution is 6.33. The quantitative estimate of drug-likeness (QED) is 0.706. The fourth-order valence-corrected chi connectivity index (χ4v) is 2.04. The number of anilines is 1. The lowest BCUT2D eigenvalue weighted by Gasteiger charge is -2.19. The van der Waals surface area contributed by atoms with Crippen molar-refractivity contribution < 1.29 is 14.9 Å². The number of para-hydroxylation sites is 1. The van der Waals surface area contributed by atoms with Gasteiger partial charge < -0.3 is 16.0 Å². The number of hydrogen-bond acceptors (Lipinski definition) is 2. The minimum absolute atomic E-state index is 0.0874. The third-order valence-corrected chi connectivity index (χ3v) is 3.11. The number of hydrogen-bond donors (Lipinski definition) is 3. The Labute approximate surface area is 110 Å². The van der Waals surface area contributed by atoms with Gasteiger partial charge >= 0.3 is 0 Å². The fraction of sp³-hybridized carbons (Fsp3) is 0.333. The van der Waals surface area contributed by atoms with Gasteiger partial charge in [0.2, 0.25) is 5.91 Å². The summed E-state index contributed by atoms with van der Waals surface area (Å²) in [6, 6.07) is 6.67. The summed E-state index contributed by atoms with van der Waals surface area (Å²) in [6.07, 6.45) is 0.150. The molecule has 0 spiro atoms. The summed E-state index contributed by atoms with van der Waals surface area (Å²) in [4.78, 5) is 23.3. The van der Waals surface area contributed by atoms with E-state index in [1.807, 2.05) is 5.32 Å². The zero-order valence-electron chi connectivity index (χ0n) is 9.78. The van der Waals surface area contributed by atoms with Gasteiger partial charge in [0.25, 0.3) is 5.91 Å². The number of piperazine rings is 1. The number of halogens is 1. The highest BCUT2D eigenvalue weighted by Gasteiger charge is 2.27. The first kappa shape index (κ1) is 12.9. The van der Waals surface area contributed by atoms with E-state index in [9.17, 15) is 9.59 Å². The average Bonchev–Trinajstić information content (AvgIpc) is 2.35. The molecular weight excluding hydrogens is 254 g/mol. The SMILES string of the molecule is O=C(C[C@@H]1[NH2+]CCNC1=O)Nc1ccccc1Cl. The van der Waals surface area contributed by atoms with E-state index in [1.54, 1.807) is 24.3 Å². The largest absolute Gasteiger partial charge is 0.345 e. The van der Waals surface area contributed by atoms with Crippen LogP contribution in [0.2, 0.25) is 5.02 Å². The molecular formula is C12H15ClN3O2+. The van der Waals surface area contributed by atoms with Crippen molar-refractivity contribution in [3.63, 3.8) is 0 Å². The second-order valence-electron chi connectivity index (χ2n) is 4.15. The van der Waals surface area contributed by atoms with Crippen LogP contribution in [0.5, 0.6) is 0 Å². The van der Waals surface area contributed by atoms with Crippen LogP contribution < -0.4 is 16.0 Å². The predicted octanol–water partition coefficient (Wildman–Crippen LogP) is -0.270. The van der Waals surface area contributed by atoms with E-state index in [0.717, 1.165) is 6.54 Å². The van der Waals surface area contributed by atoms with Crippen LogP contribution >= 0.6 is 11.6 Å². The van der Waals surface area contributed by atoms with Gasteiger partial charge in [0, 0.05) is 0 Å². The van der Waals surface area contributed by atoms with E-state index < -0.39 is 0 Å². The Balaban J connectivity index is 1.92. The molecule has 1 aromatic carbocycles. The van der Waals surface area contributed by atoms with Gasteiger partial charge in [-0.3, -0.25) is 9.59 Å². The van der Waals surface area contributed by atoms with E-state index in [2.05, 4.69) is 10.6 Å². The lowest BCUT2D eigenvalue weighted by atomic mass is 10.1. The van der Waals surface area contributed by atoms with Gasteiger partial charge in [-0.15, -0.1) is 0 Å². The summed E-state index contributed by atoms with van der Waals surface area (Å²) in [5.41, 5.74) is 0.570. The number of nitrogens with one attached hydrogen (secondary N) is 2. The molecule has 1 saturated heterocycles. The van der Waals surface area contributed by atoms with Crippen molar-refractivity contribution in [1.82, 2.24) is 5.32 Å². The van der Waals surface area contributed by atoms with Gasteiger partial charge in [-0.25, -0.2) is 0 Å². The molecule has 0 radical (unpaired) electrons. The number of amides is 2. The van der Waals surface area contributed by atoms with Crippen molar-refractivity contribution in [2.75, 3.05) is 18.4 Å². The zero-order chi connectivity index (χ0) is 13.0. The molecule has 0 aromatic heterocycles. The Morgan fingerprint density at radius 1 is 1.50 bits per heavy atom. The molecule has 1 aromatic rings. The lowest BCUT2D eigenvalue weighted by molar-refractivity contribution is -0.678. The number of benzene rings is 1. The zero-order valence-corrected chi connectivity index (χ0v) is 10.5. The highest BCUT2D eigenvalue weighted by atomic mass is 35.5. The standard InChI is InChI=1S/C12H14ClN3O2/c13-8-3-1-2-4-9(8)16-11(17)7-10-12(18)15-6-5-14-10/h1-4,10,14H,5-7H2,(H,15,18)(H,16,17)/p+1/t10-/m0/s1. The Hall–Kier alpha value is -1.59. The first-order chi connectivity index (χ1) is 8.66. The molecule has 1 aliphatic rings. The normalized spacial score (nSPS) is 19.2. The van der Waals surface area contributed by atoms with E-state index in [1.165, 1.54) is 0 Å². The molecule has 18 heavy (non-hydrogen) atoms. The van der Waals surface area contributed by atoms with Crippen molar-refractivity contribution in [2.24, 2.45) is 0 Å². The average molecular weight is 269 g/mol. The van der Waals surface area contributed by atoms with Gasteiger partial charge in [-0.2, -0.15) is 0 Å². The third kappa shape index (κ3) is 3.21. The molecule has 5 nitrogen and oxygen atoms in total. The molecule has 0 saturated carbocycles. The molecule has 96 valence electrons. The predicted molar refractivity (Wildman–Crippen MR) is 68.3 cm³/mol. The van der Waals surface area contributed by atoms with Crippen LogP contribution in [0.3, 0.4) is 0 Å². The monoisotopic (exact) mass is 268 g/mol. The van der Waals surface area contributed by atoms with Crippen molar-refractivity contribution in [3.8, 4) is 0 Å². The fourth-order valence-electron chi connectivity index (χ4n) is 1.86. The van der Waals surface area contributed by atoms with Crippen molar-refractivity contribution in [2.45, 2.75) is 12.5 Å². The van der Waals surface area contributed by atoms with E-state index in [4.69, 9.17) is 11.6 Å². The Morgan fingerprint density at radius 3 is 3.00 bits per heavy atom. The summed E-state index contributed by atoms with van der Waals surface area (Å²) in [5, 5.41) is 7.81. The summed E-state index contributed by atoms with van der Waals surface area (Å²) in [6.45, 7) is 1.46. The summed E-state index contributed by atoms with van der Waals surface area (Å²) in [7, 11) is 0. The molecule has 1 fully saturated rings. The summed E-state index contributed by atoms with van der Waals surface area (Å²) < 4.78 is 0. The second-order valence-corrected chi connectivity index (χ2v) is 4.56. The van der Waals surface area contributed by atoms with Crippen LogP contribution in [0, 0.1) is 0 Å². The van der Waals surface area contributed by atoms with E-state index >= 15 is 0 Å². The van der Waals surface area contributed by atoms with Crippen molar-refractivity contribution in [3.05, 3.63) is 29.3 Å². The first-order valence-electron chi connectivity index (χ1n) is 5.82. The van der Waals surface area contributed by atoms with Gasteiger partial charge in [-0.1, -0.05) is 23.7 Å². The molecule has 0 bridgehead atoms. The number of carbonyl (C=O) groups excluding carboxylic acids is 2. The van der Waals surface area contributed by atoms with Crippen LogP contribution in [0.4, 0.5) is 5.69 Å². The number of quaternary nitrogens is 1. The van der Waals surface area contributed by atoms with Crippen molar-refractivity contribution >= 4 is 29.1 Å². The van der Waals surface area contributed by atoms with Gasteiger partial charge in [-0.05, 0) is 12.1 Å². The molecule has 1 heterocycles. The number of carbonyl (C=O) groups is 2. The maximum Gasteiger partial charge on any atom is 0.278 e. The maximum absolute atomic E-state index is 11.8. The molecule has 1 aliphatic heterocycles. The number of rotatable bonds is 3. The molecule has 1 atom stereocenters. The minimum Gasteiger partial charge on any atom is -0.345 e. The van der Waals surface area contributed by atoms with Crippen molar-refractivity contribution in [1.29, 1.82) is 0 Å². The third-order valence-electron chi connectivity index (χ3n) is 2.78. The second kappa shape index (κ2) is 5.84. The molecule has 2 rings (SSSR count). The number of nitrogens with two attached hydrogens (primary N) is 1. The Morgan fingerprint density at radius 2 is 2.28 bits per heavy atom. The van der Waals surface area contributed by atoms with Gasteiger partial charge in [0.15, 0.2) is 6.04 Å². The molecule has 6 heteroatoms. The van der Waals surface area contributed by atoms with Crippen LogP contribution in [0.1, 0.15) is 6.42 Å². The molecule has 0 unspecified atom stereocenters. The van der Waals surface area contributed by atoms with Crippen LogP contribution in [-0.4, -0.2) is 30.9 Å². The smallest absolute Gasteiger partial charge is 0.278 e. The topological polar surface area (TPSA) is 74.8 Å². The minimum atomic E-state index is -0.346.